The number of halogens is 1. The van der Waals surface area contributed by atoms with Crippen molar-refractivity contribution in [1.82, 2.24) is 9.88 Å². The molecule has 114 valence electrons. The second-order valence-electron chi connectivity index (χ2n) is 5.82. The fourth-order valence-corrected chi connectivity index (χ4v) is 4.20. The first kappa shape index (κ1) is 14.2. The molecule has 0 radical (unpaired) electrons. The molecule has 2 aliphatic rings. The van der Waals surface area contributed by atoms with Crippen LogP contribution >= 0.6 is 27.3 Å². The molecule has 4 heterocycles. The highest BCUT2D eigenvalue weighted by Gasteiger charge is 2.36. The van der Waals surface area contributed by atoms with E-state index in [-0.39, 0.29) is 5.92 Å². The number of aromatic nitrogens is 1. The van der Waals surface area contributed by atoms with Crippen molar-refractivity contribution in [2.45, 2.75) is 13.0 Å². The summed E-state index contributed by atoms with van der Waals surface area (Å²) in [6.07, 6.45) is 2.80. The maximum atomic E-state index is 12.6. The van der Waals surface area contributed by atoms with Crippen LogP contribution in [0.4, 0.5) is 5.82 Å². The largest absolute Gasteiger partial charge is 0.355 e. The summed E-state index contributed by atoms with van der Waals surface area (Å²) in [5, 5.41) is 2.13. The summed E-state index contributed by atoms with van der Waals surface area (Å²) in [4.78, 5) is 22.6. The number of hydrogen-bond acceptors (Lipinski definition) is 4. The standard InChI is InChI=1S/C16H16BrN3OS/c17-13-1-2-15(18-7-13)20-9-12(10-20)16(21)19-5-3-14-11(8-19)4-6-22-14/h1-2,4,6-7,12H,3,5,8-10H2. The number of rotatable bonds is 2. The Morgan fingerprint density at radius 2 is 2.18 bits per heavy atom. The average molecular weight is 378 g/mol. The number of pyridine rings is 1. The summed E-state index contributed by atoms with van der Waals surface area (Å²) in [6, 6.07) is 6.13. The SMILES string of the molecule is O=C(C1CN(c2ccc(Br)cn2)C1)N1CCc2sccc2C1. The minimum Gasteiger partial charge on any atom is -0.355 e. The van der Waals surface area contributed by atoms with Gasteiger partial charge in [-0.3, -0.25) is 4.79 Å². The summed E-state index contributed by atoms with van der Waals surface area (Å²) >= 11 is 5.20. The van der Waals surface area contributed by atoms with Gasteiger partial charge in [0, 0.05) is 41.7 Å². The van der Waals surface area contributed by atoms with Crippen LogP contribution in [-0.4, -0.2) is 35.4 Å². The molecule has 0 aromatic carbocycles. The van der Waals surface area contributed by atoms with Gasteiger partial charge in [0.15, 0.2) is 0 Å². The van der Waals surface area contributed by atoms with E-state index < -0.39 is 0 Å². The molecule has 1 amide bonds. The zero-order chi connectivity index (χ0) is 15.1. The van der Waals surface area contributed by atoms with Gasteiger partial charge in [0.25, 0.3) is 0 Å². The number of carbonyl (C=O) groups is 1. The minimum atomic E-state index is 0.116. The smallest absolute Gasteiger partial charge is 0.229 e. The van der Waals surface area contributed by atoms with Crippen LogP contribution in [0.2, 0.25) is 0 Å². The molecule has 1 fully saturated rings. The van der Waals surface area contributed by atoms with E-state index in [4.69, 9.17) is 0 Å². The van der Waals surface area contributed by atoms with Crippen molar-refractivity contribution in [2.24, 2.45) is 5.92 Å². The Morgan fingerprint density at radius 3 is 2.95 bits per heavy atom. The Bertz CT molecular complexity index is 694. The predicted molar refractivity (Wildman–Crippen MR) is 91.1 cm³/mol. The normalized spacial score (nSPS) is 18.0. The van der Waals surface area contributed by atoms with E-state index >= 15 is 0 Å². The molecule has 0 atom stereocenters. The maximum absolute atomic E-state index is 12.6. The van der Waals surface area contributed by atoms with Crippen LogP contribution in [-0.2, 0) is 17.8 Å². The first-order valence-corrected chi connectivity index (χ1v) is 9.08. The zero-order valence-corrected chi connectivity index (χ0v) is 14.4. The van der Waals surface area contributed by atoms with Gasteiger partial charge in [0.1, 0.15) is 5.82 Å². The third-order valence-corrected chi connectivity index (χ3v) is 5.88. The summed E-state index contributed by atoms with van der Waals surface area (Å²) in [7, 11) is 0. The van der Waals surface area contributed by atoms with E-state index in [0.29, 0.717) is 5.91 Å². The van der Waals surface area contributed by atoms with E-state index in [1.807, 2.05) is 28.4 Å². The highest BCUT2D eigenvalue weighted by Crippen LogP contribution is 2.28. The monoisotopic (exact) mass is 377 g/mol. The number of amides is 1. The molecule has 2 aromatic rings. The minimum absolute atomic E-state index is 0.116. The van der Waals surface area contributed by atoms with Crippen molar-refractivity contribution in [2.75, 3.05) is 24.5 Å². The lowest BCUT2D eigenvalue weighted by Crippen LogP contribution is -2.55. The van der Waals surface area contributed by atoms with Crippen LogP contribution in [0.5, 0.6) is 0 Å². The van der Waals surface area contributed by atoms with E-state index in [1.54, 1.807) is 6.20 Å². The van der Waals surface area contributed by atoms with Crippen molar-refractivity contribution in [3.8, 4) is 0 Å². The average Bonchev–Trinajstić information content (AvgIpc) is 2.95. The third-order valence-electron chi connectivity index (χ3n) is 4.39. The molecule has 4 rings (SSSR count). The van der Waals surface area contributed by atoms with Gasteiger partial charge in [0.2, 0.25) is 5.91 Å². The molecular formula is C16H16BrN3OS. The number of anilines is 1. The fourth-order valence-electron chi connectivity index (χ4n) is 3.07. The van der Waals surface area contributed by atoms with Gasteiger partial charge in [-0.1, -0.05) is 0 Å². The lowest BCUT2D eigenvalue weighted by Gasteiger charge is -2.42. The van der Waals surface area contributed by atoms with Crippen LogP contribution in [0.1, 0.15) is 10.4 Å². The van der Waals surface area contributed by atoms with Crippen LogP contribution in [0.3, 0.4) is 0 Å². The first-order valence-electron chi connectivity index (χ1n) is 7.41. The number of nitrogens with zero attached hydrogens (tertiary/aromatic N) is 3. The number of hydrogen-bond donors (Lipinski definition) is 0. The van der Waals surface area contributed by atoms with Gasteiger partial charge in [-0.25, -0.2) is 4.98 Å². The quantitative estimate of drug-likeness (QED) is 0.807. The summed E-state index contributed by atoms with van der Waals surface area (Å²) in [5.41, 5.74) is 1.33. The molecule has 0 aliphatic carbocycles. The van der Waals surface area contributed by atoms with Crippen LogP contribution in [0.25, 0.3) is 0 Å². The molecule has 0 spiro atoms. The maximum Gasteiger partial charge on any atom is 0.229 e. The van der Waals surface area contributed by atoms with E-state index in [9.17, 15) is 4.79 Å². The number of thiophene rings is 1. The van der Waals surface area contributed by atoms with Gasteiger partial charge in [0.05, 0.1) is 5.92 Å². The van der Waals surface area contributed by atoms with Crippen LogP contribution in [0.15, 0.2) is 34.2 Å². The Morgan fingerprint density at radius 1 is 1.32 bits per heavy atom. The Kier molecular flexibility index (Phi) is 3.66. The van der Waals surface area contributed by atoms with Gasteiger partial charge in [-0.2, -0.15) is 0 Å². The van der Waals surface area contributed by atoms with Gasteiger partial charge >= 0.3 is 0 Å². The lowest BCUT2D eigenvalue weighted by molar-refractivity contribution is -0.137. The van der Waals surface area contributed by atoms with E-state index in [1.165, 1.54) is 10.4 Å². The first-order chi connectivity index (χ1) is 10.7. The van der Waals surface area contributed by atoms with Crippen molar-refractivity contribution in [3.05, 3.63) is 44.7 Å². The molecule has 0 saturated carbocycles. The predicted octanol–water partition coefficient (Wildman–Crippen LogP) is 2.93. The van der Waals surface area contributed by atoms with Crippen molar-refractivity contribution in [1.29, 1.82) is 0 Å². The lowest BCUT2D eigenvalue weighted by atomic mass is 9.97. The molecule has 4 nitrogen and oxygen atoms in total. The molecule has 2 aliphatic heterocycles. The zero-order valence-electron chi connectivity index (χ0n) is 12.0. The molecular weight excluding hydrogens is 362 g/mol. The summed E-state index contributed by atoms with van der Waals surface area (Å²) in [5.74, 6) is 1.36. The van der Waals surface area contributed by atoms with Gasteiger partial charge < -0.3 is 9.80 Å². The molecule has 1 saturated heterocycles. The van der Waals surface area contributed by atoms with Crippen LogP contribution < -0.4 is 4.90 Å². The number of fused-ring (bicyclic) bond motifs is 1. The summed E-state index contributed by atoms with van der Waals surface area (Å²) in [6.45, 7) is 3.20. The Labute approximate surface area is 141 Å². The third kappa shape index (κ3) is 2.54. The van der Waals surface area contributed by atoms with E-state index in [0.717, 1.165) is 42.9 Å². The van der Waals surface area contributed by atoms with E-state index in [2.05, 4.69) is 37.3 Å². The topological polar surface area (TPSA) is 36.4 Å². The molecule has 2 aromatic heterocycles. The second-order valence-corrected chi connectivity index (χ2v) is 7.73. The van der Waals surface area contributed by atoms with Crippen molar-refractivity contribution < 1.29 is 4.79 Å². The van der Waals surface area contributed by atoms with Gasteiger partial charge in [-0.15, -0.1) is 11.3 Å². The molecule has 0 N–H and O–H groups in total. The fraction of sp³-hybridized carbons (Fsp3) is 0.375. The number of carbonyl (C=O) groups excluding carboxylic acids is 1. The van der Waals surface area contributed by atoms with Crippen molar-refractivity contribution in [3.63, 3.8) is 0 Å². The second kappa shape index (κ2) is 5.66. The molecule has 0 bridgehead atoms. The Hall–Kier alpha value is -1.40. The van der Waals surface area contributed by atoms with Crippen molar-refractivity contribution >= 4 is 39.0 Å². The molecule has 0 unspecified atom stereocenters. The highest BCUT2D eigenvalue weighted by molar-refractivity contribution is 9.10. The summed E-state index contributed by atoms with van der Waals surface area (Å²) < 4.78 is 0.976. The molecule has 22 heavy (non-hydrogen) atoms. The van der Waals surface area contributed by atoms with Crippen LogP contribution in [0, 0.1) is 5.92 Å². The molecule has 6 heteroatoms. The highest BCUT2D eigenvalue weighted by atomic mass is 79.9. The Balaban J connectivity index is 1.37. The van der Waals surface area contributed by atoms with Gasteiger partial charge in [-0.05, 0) is 51.5 Å².